The highest BCUT2D eigenvalue weighted by atomic mass is 16.5. The summed E-state index contributed by atoms with van der Waals surface area (Å²) in [5.74, 6) is 0.782. The zero-order valence-corrected chi connectivity index (χ0v) is 14.7. The van der Waals surface area contributed by atoms with Crippen LogP contribution in [0.4, 0.5) is 5.69 Å². The summed E-state index contributed by atoms with van der Waals surface area (Å²) >= 11 is 0. The van der Waals surface area contributed by atoms with Crippen LogP contribution >= 0.6 is 0 Å². The second kappa shape index (κ2) is 7.16. The molecule has 3 heterocycles. The molecule has 1 aromatic carbocycles. The first-order chi connectivity index (χ1) is 12.2. The van der Waals surface area contributed by atoms with E-state index >= 15 is 0 Å². The summed E-state index contributed by atoms with van der Waals surface area (Å²) < 4.78 is 5.51. The molecule has 0 bridgehead atoms. The summed E-state index contributed by atoms with van der Waals surface area (Å²) in [4.78, 5) is 28.8. The number of benzene rings is 1. The highest BCUT2D eigenvalue weighted by Crippen LogP contribution is 2.39. The number of fused-ring (bicyclic) bond motifs is 1. The van der Waals surface area contributed by atoms with Gasteiger partial charge in [-0.05, 0) is 37.3 Å². The molecule has 0 aromatic heterocycles. The van der Waals surface area contributed by atoms with Gasteiger partial charge < -0.3 is 14.5 Å². The van der Waals surface area contributed by atoms with Crippen molar-refractivity contribution < 1.29 is 14.3 Å². The molecule has 0 radical (unpaired) electrons. The molecular formula is C20H26N2O3. The van der Waals surface area contributed by atoms with E-state index < -0.39 is 0 Å². The number of ether oxygens (including phenoxy) is 1. The fourth-order valence-corrected chi connectivity index (χ4v) is 4.36. The van der Waals surface area contributed by atoms with Crippen LogP contribution in [0.2, 0.25) is 0 Å². The average molecular weight is 342 g/mol. The van der Waals surface area contributed by atoms with Gasteiger partial charge in [0.05, 0.1) is 12.5 Å². The van der Waals surface area contributed by atoms with Crippen molar-refractivity contribution in [1.82, 2.24) is 4.90 Å². The second-order valence-electron chi connectivity index (χ2n) is 7.39. The lowest BCUT2D eigenvalue weighted by Crippen LogP contribution is -2.39. The van der Waals surface area contributed by atoms with E-state index in [0.29, 0.717) is 18.9 Å². The maximum Gasteiger partial charge on any atom is 0.232 e. The van der Waals surface area contributed by atoms with Crippen LogP contribution in [-0.2, 0) is 14.3 Å². The third-order valence-corrected chi connectivity index (χ3v) is 5.76. The number of likely N-dealkylation sites (tertiary alicyclic amines) is 1. The van der Waals surface area contributed by atoms with Crippen LogP contribution in [0.25, 0.3) is 0 Å². The number of carbonyl (C=O) groups excluding carboxylic acids is 2. The average Bonchev–Trinajstić information content (AvgIpc) is 3.23. The maximum atomic E-state index is 13.0. The number of carbonyl (C=O) groups is 2. The smallest absolute Gasteiger partial charge is 0.232 e. The van der Waals surface area contributed by atoms with E-state index in [4.69, 9.17) is 4.74 Å². The first kappa shape index (κ1) is 16.6. The molecule has 0 spiro atoms. The third kappa shape index (κ3) is 3.30. The summed E-state index contributed by atoms with van der Waals surface area (Å²) in [5.41, 5.74) is 2.30. The lowest BCUT2D eigenvalue weighted by atomic mass is 9.98. The summed E-state index contributed by atoms with van der Waals surface area (Å²) in [6.07, 6.45) is 4.48. The molecular weight excluding hydrogens is 316 g/mol. The molecule has 0 aliphatic carbocycles. The molecule has 2 saturated heterocycles. The van der Waals surface area contributed by atoms with Crippen molar-refractivity contribution in [2.24, 2.45) is 5.92 Å². The molecule has 1 aromatic rings. The van der Waals surface area contributed by atoms with E-state index in [9.17, 15) is 9.59 Å². The van der Waals surface area contributed by atoms with E-state index in [-0.39, 0.29) is 17.7 Å². The molecule has 134 valence electrons. The minimum absolute atomic E-state index is 0.0132. The first-order valence-corrected chi connectivity index (χ1v) is 9.50. The normalized spacial score (nSPS) is 26.2. The Balaban J connectivity index is 1.47. The Hall–Kier alpha value is -1.88. The molecule has 4 rings (SSSR count). The van der Waals surface area contributed by atoms with Crippen molar-refractivity contribution in [2.45, 2.75) is 38.0 Å². The molecule has 2 fully saturated rings. The quantitative estimate of drug-likeness (QED) is 0.845. The molecule has 0 unspecified atom stereocenters. The maximum absolute atomic E-state index is 13.0. The number of rotatable bonds is 4. The number of para-hydroxylation sites is 1. The molecule has 3 aliphatic heterocycles. The Labute approximate surface area is 148 Å². The lowest BCUT2D eigenvalue weighted by Gasteiger charge is -2.27. The van der Waals surface area contributed by atoms with Gasteiger partial charge in [0.15, 0.2) is 0 Å². The van der Waals surface area contributed by atoms with Crippen LogP contribution in [-0.4, -0.2) is 49.6 Å². The molecule has 5 heteroatoms. The van der Waals surface area contributed by atoms with Crippen LogP contribution < -0.4 is 4.90 Å². The van der Waals surface area contributed by atoms with Crippen molar-refractivity contribution in [3.63, 3.8) is 0 Å². The van der Waals surface area contributed by atoms with Crippen LogP contribution in [0.3, 0.4) is 0 Å². The van der Waals surface area contributed by atoms with Gasteiger partial charge in [-0.3, -0.25) is 9.59 Å². The van der Waals surface area contributed by atoms with Crippen molar-refractivity contribution in [3.8, 4) is 0 Å². The number of anilines is 1. The van der Waals surface area contributed by atoms with E-state index in [1.54, 1.807) is 0 Å². The summed E-state index contributed by atoms with van der Waals surface area (Å²) in [6, 6.07) is 8.24. The zero-order chi connectivity index (χ0) is 17.2. The summed E-state index contributed by atoms with van der Waals surface area (Å²) in [5, 5.41) is 0. The number of amides is 2. The van der Waals surface area contributed by atoms with Crippen LogP contribution in [0.5, 0.6) is 0 Å². The predicted octanol–water partition coefficient (Wildman–Crippen LogP) is 2.56. The van der Waals surface area contributed by atoms with Gasteiger partial charge in [0.25, 0.3) is 0 Å². The largest absolute Gasteiger partial charge is 0.381 e. The highest BCUT2D eigenvalue weighted by molar-refractivity contribution is 5.97. The van der Waals surface area contributed by atoms with Crippen molar-refractivity contribution in [2.75, 3.05) is 37.7 Å². The molecule has 0 N–H and O–H groups in total. The van der Waals surface area contributed by atoms with E-state index in [0.717, 1.165) is 57.6 Å². The van der Waals surface area contributed by atoms with Gasteiger partial charge >= 0.3 is 0 Å². The Morgan fingerprint density at radius 1 is 1.24 bits per heavy atom. The molecule has 5 nitrogen and oxygen atoms in total. The molecule has 3 aliphatic rings. The third-order valence-electron chi connectivity index (χ3n) is 5.76. The Morgan fingerprint density at radius 2 is 2.12 bits per heavy atom. The monoisotopic (exact) mass is 342 g/mol. The number of nitrogens with zero attached hydrogens (tertiary/aromatic N) is 2. The van der Waals surface area contributed by atoms with Crippen LogP contribution in [0.1, 0.15) is 43.6 Å². The lowest BCUT2D eigenvalue weighted by molar-refractivity contribution is -0.128. The minimum atomic E-state index is -0.0132. The van der Waals surface area contributed by atoms with Crippen molar-refractivity contribution >= 4 is 17.5 Å². The van der Waals surface area contributed by atoms with Crippen molar-refractivity contribution in [1.29, 1.82) is 0 Å². The van der Waals surface area contributed by atoms with Crippen LogP contribution in [0, 0.1) is 5.92 Å². The first-order valence-electron chi connectivity index (χ1n) is 9.50. The second-order valence-corrected chi connectivity index (χ2v) is 7.39. The molecule has 25 heavy (non-hydrogen) atoms. The summed E-state index contributed by atoms with van der Waals surface area (Å²) in [6.45, 7) is 3.73. The van der Waals surface area contributed by atoms with E-state index in [2.05, 4.69) is 12.1 Å². The Morgan fingerprint density at radius 3 is 2.88 bits per heavy atom. The van der Waals surface area contributed by atoms with Gasteiger partial charge in [-0.15, -0.1) is 0 Å². The fraction of sp³-hybridized carbons (Fsp3) is 0.600. The number of hydrogen-bond acceptors (Lipinski definition) is 3. The van der Waals surface area contributed by atoms with Gasteiger partial charge in [0.1, 0.15) is 0 Å². The van der Waals surface area contributed by atoms with E-state index in [1.165, 1.54) is 5.56 Å². The Bertz CT molecular complexity index is 654. The predicted molar refractivity (Wildman–Crippen MR) is 95.5 cm³/mol. The van der Waals surface area contributed by atoms with Gasteiger partial charge in [-0.1, -0.05) is 18.2 Å². The minimum Gasteiger partial charge on any atom is -0.381 e. The van der Waals surface area contributed by atoms with Gasteiger partial charge in [-0.2, -0.15) is 0 Å². The number of hydrogen-bond donors (Lipinski definition) is 0. The topological polar surface area (TPSA) is 49.9 Å². The summed E-state index contributed by atoms with van der Waals surface area (Å²) in [7, 11) is 0. The highest BCUT2D eigenvalue weighted by Gasteiger charge is 2.36. The zero-order valence-electron chi connectivity index (χ0n) is 14.7. The van der Waals surface area contributed by atoms with Crippen LogP contribution in [0.15, 0.2) is 24.3 Å². The molecule has 2 atom stereocenters. The fourth-order valence-electron chi connectivity index (χ4n) is 4.36. The van der Waals surface area contributed by atoms with Gasteiger partial charge in [0, 0.05) is 44.3 Å². The molecule has 2 amide bonds. The van der Waals surface area contributed by atoms with E-state index in [1.807, 2.05) is 21.9 Å². The van der Waals surface area contributed by atoms with Gasteiger partial charge in [0.2, 0.25) is 11.8 Å². The van der Waals surface area contributed by atoms with Crippen molar-refractivity contribution in [3.05, 3.63) is 29.8 Å². The SMILES string of the molecule is O=C1CCCN1CC[C@@H]1CN(C(=O)[C@H]2CCCOC2)c2ccccc21. The standard InChI is InChI=1S/C20H26N2O3/c23-19-8-3-10-21(19)11-9-15-13-22(18-7-2-1-6-17(15)18)20(24)16-5-4-12-25-14-16/h1-2,6-7,15-16H,3-5,8-14H2/t15-,16+/m1/s1. The Kier molecular flexibility index (Phi) is 4.75. The molecule has 0 saturated carbocycles. The van der Waals surface area contributed by atoms with Gasteiger partial charge in [-0.25, -0.2) is 0 Å².